The van der Waals surface area contributed by atoms with Gasteiger partial charge in [-0.25, -0.2) is 0 Å². The number of hydrogen-bond acceptors (Lipinski definition) is 4. The molecule has 0 radical (unpaired) electrons. The molecule has 2 fully saturated rings. The smallest absolute Gasteiger partial charge is 0.221 e. The van der Waals surface area contributed by atoms with Crippen LogP contribution >= 0.6 is 0 Å². The van der Waals surface area contributed by atoms with Crippen LogP contribution in [0.4, 0.5) is 0 Å². The van der Waals surface area contributed by atoms with Crippen molar-refractivity contribution in [2.75, 3.05) is 19.7 Å². The standard InChI is InChI=1S/C12H22N2O3/c15-11-8-14(17-9-11)7-6-12(16)13-10-4-2-1-3-5-10/h10-11,15H,1-9H2,(H,13,16)/t11-/m0/s1. The van der Waals surface area contributed by atoms with E-state index in [-0.39, 0.29) is 5.91 Å². The molecule has 1 aliphatic heterocycles. The summed E-state index contributed by atoms with van der Waals surface area (Å²) in [6.45, 7) is 1.43. The van der Waals surface area contributed by atoms with Crippen LogP contribution in [0.25, 0.3) is 0 Å². The Labute approximate surface area is 102 Å². The summed E-state index contributed by atoms with van der Waals surface area (Å²) in [6.07, 6.45) is 6.03. The van der Waals surface area contributed by atoms with E-state index in [0.29, 0.717) is 32.2 Å². The van der Waals surface area contributed by atoms with Crippen molar-refractivity contribution in [1.29, 1.82) is 0 Å². The third-order valence-electron chi connectivity index (χ3n) is 3.42. The predicted octanol–water partition coefficient (Wildman–Crippen LogP) is 0.433. The zero-order valence-corrected chi connectivity index (χ0v) is 10.2. The molecular formula is C12H22N2O3. The van der Waals surface area contributed by atoms with Crippen molar-refractivity contribution in [3.05, 3.63) is 0 Å². The number of rotatable bonds is 4. The number of carbonyl (C=O) groups is 1. The highest BCUT2D eigenvalue weighted by atomic mass is 16.7. The average molecular weight is 242 g/mol. The van der Waals surface area contributed by atoms with E-state index in [2.05, 4.69) is 5.32 Å². The Morgan fingerprint density at radius 1 is 1.35 bits per heavy atom. The molecule has 0 aromatic heterocycles. The molecule has 1 saturated heterocycles. The number of nitrogens with one attached hydrogen (secondary N) is 1. The fourth-order valence-electron chi connectivity index (χ4n) is 2.46. The first-order valence-corrected chi connectivity index (χ1v) is 6.59. The van der Waals surface area contributed by atoms with Crippen molar-refractivity contribution in [1.82, 2.24) is 10.4 Å². The third-order valence-corrected chi connectivity index (χ3v) is 3.42. The van der Waals surface area contributed by atoms with Crippen molar-refractivity contribution >= 4 is 5.91 Å². The molecule has 0 unspecified atom stereocenters. The van der Waals surface area contributed by atoms with E-state index in [1.54, 1.807) is 5.06 Å². The summed E-state index contributed by atoms with van der Waals surface area (Å²) in [5, 5.41) is 14.0. The Hall–Kier alpha value is -0.650. The second-order valence-electron chi connectivity index (χ2n) is 4.99. The van der Waals surface area contributed by atoms with Crippen LogP contribution < -0.4 is 5.32 Å². The molecule has 1 aliphatic carbocycles. The maximum atomic E-state index is 11.7. The molecule has 17 heavy (non-hydrogen) atoms. The Bertz CT molecular complexity index is 254. The number of hydrogen-bond donors (Lipinski definition) is 2. The highest BCUT2D eigenvalue weighted by molar-refractivity contribution is 5.76. The van der Waals surface area contributed by atoms with Gasteiger partial charge >= 0.3 is 0 Å². The average Bonchev–Trinajstić information content (AvgIpc) is 2.74. The molecule has 5 nitrogen and oxygen atoms in total. The molecule has 1 amide bonds. The summed E-state index contributed by atoms with van der Waals surface area (Å²) in [6, 6.07) is 0.376. The molecule has 0 aromatic rings. The van der Waals surface area contributed by atoms with Crippen molar-refractivity contribution < 1.29 is 14.7 Å². The van der Waals surface area contributed by atoms with Gasteiger partial charge in [0.25, 0.3) is 0 Å². The number of β-amino-alcohol motifs (C(OH)–C–C–N with tert-alkyl or cyclic N) is 1. The van der Waals surface area contributed by atoms with Crippen molar-refractivity contribution in [3.8, 4) is 0 Å². The fraction of sp³-hybridized carbons (Fsp3) is 0.917. The van der Waals surface area contributed by atoms with Crippen LogP contribution in [-0.2, 0) is 9.63 Å². The first-order valence-electron chi connectivity index (χ1n) is 6.59. The molecule has 98 valence electrons. The minimum Gasteiger partial charge on any atom is -0.389 e. The van der Waals surface area contributed by atoms with Crippen LogP contribution in [0.2, 0.25) is 0 Å². The zero-order chi connectivity index (χ0) is 12.1. The molecule has 0 aromatic carbocycles. The van der Waals surface area contributed by atoms with Gasteiger partial charge in [-0.2, -0.15) is 5.06 Å². The van der Waals surface area contributed by atoms with E-state index in [1.165, 1.54) is 19.3 Å². The van der Waals surface area contributed by atoms with Crippen LogP contribution in [-0.4, -0.2) is 47.9 Å². The first kappa shape index (κ1) is 12.8. The van der Waals surface area contributed by atoms with Gasteiger partial charge in [0.05, 0.1) is 19.3 Å². The lowest BCUT2D eigenvalue weighted by molar-refractivity contribution is -0.131. The van der Waals surface area contributed by atoms with Gasteiger partial charge in [-0.1, -0.05) is 19.3 Å². The molecule has 0 bridgehead atoms. The number of nitrogens with zero attached hydrogens (tertiary/aromatic N) is 1. The summed E-state index contributed by atoms with van der Waals surface area (Å²) in [5.74, 6) is 0.0990. The molecule has 2 aliphatic rings. The first-order chi connectivity index (χ1) is 8.24. The van der Waals surface area contributed by atoms with Gasteiger partial charge in [0.1, 0.15) is 0 Å². The molecule has 1 saturated carbocycles. The summed E-state index contributed by atoms with van der Waals surface area (Å²) in [7, 11) is 0. The minimum atomic E-state index is -0.406. The summed E-state index contributed by atoms with van der Waals surface area (Å²) in [5.41, 5.74) is 0. The van der Waals surface area contributed by atoms with Gasteiger partial charge in [-0.15, -0.1) is 0 Å². The van der Waals surface area contributed by atoms with Crippen LogP contribution in [0.1, 0.15) is 38.5 Å². The third kappa shape index (κ3) is 4.26. The second kappa shape index (κ2) is 6.33. The Kier molecular flexibility index (Phi) is 4.76. The number of hydroxylamine groups is 2. The van der Waals surface area contributed by atoms with Crippen LogP contribution in [0.5, 0.6) is 0 Å². The summed E-state index contributed by atoms with van der Waals surface area (Å²) >= 11 is 0. The molecular weight excluding hydrogens is 220 g/mol. The lowest BCUT2D eigenvalue weighted by Crippen LogP contribution is -2.37. The number of amides is 1. The largest absolute Gasteiger partial charge is 0.389 e. The van der Waals surface area contributed by atoms with E-state index in [4.69, 9.17) is 4.84 Å². The quantitative estimate of drug-likeness (QED) is 0.750. The Morgan fingerprint density at radius 3 is 2.76 bits per heavy atom. The van der Waals surface area contributed by atoms with E-state index in [9.17, 15) is 9.90 Å². The van der Waals surface area contributed by atoms with Gasteiger partial charge in [-0.05, 0) is 12.8 Å². The lowest BCUT2D eigenvalue weighted by Gasteiger charge is -2.23. The Morgan fingerprint density at radius 2 is 2.12 bits per heavy atom. The maximum absolute atomic E-state index is 11.7. The topological polar surface area (TPSA) is 61.8 Å². The van der Waals surface area contributed by atoms with Gasteiger partial charge < -0.3 is 10.4 Å². The number of aliphatic hydroxyl groups excluding tert-OH is 1. The predicted molar refractivity (Wildman–Crippen MR) is 63.2 cm³/mol. The van der Waals surface area contributed by atoms with E-state index in [0.717, 1.165) is 12.8 Å². The number of aliphatic hydroxyl groups is 1. The maximum Gasteiger partial charge on any atom is 0.221 e. The van der Waals surface area contributed by atoms with E-state index in [1.807, 2.05) is 0 Å². The Balaban J connectivity index is 1.60. The second-order valence-corrected chi connectivity index (χ2v) is 4.99. The van der Waals surface area contributed by atoms with Gasteiger partial charge in [0.2, 0.25) is 5.91 Å². The molecule has 5 heteroatoms. The lowest BCUT2D eigenvalue weighted by atomic mass is 9.95. The summed E-state index contributed by atoms with van der Waals surface area (Å²) in [4.78, 5) is 16.9. The fourth-order valence-corrected chi connectivity index (χ4v) is 2.46. The van der Waals surface area contributed by atoms with Crippen LogP contribution in [0, 0.1) is 0 Å². The van der Waals surface area contributed by atoms with Gasteiger partial charge in [-0.3, -0.25) is 9.63 Å². The minimum absolute atomic E-state index is 0.0990. The van der Waals surface area contributed by atoms with Crippen LogP contribution in [0.15, 0.2) is 0 Å². The van der Waals surface area contributed by atoms with Gasteiger partial charge in [0, 0.05) is 19.0 Å². The normalized spacial score (nSPS) is 27.2. The van der Waals surface area contributed by atoms with Gasteiger partial charge in [0.15, 0.2) is 0 Å². The highest BCUT2D eigenvalue weighted by Gasteiger charge is 2.22. The molecule has 0 spiro atoms. The molecule has 1 heterocycles. The van der Waals surface area contributed by atoms with E-state index < -0.39 is 6.10 Å². The zero-order valence-electron chi connectivity index (χ0n) is 10.2. The SMILES string of the molecule is O=C(CCN1C[C@H](O)CO1)NC1CCCCC1. The number of carbonyl (C=O) groups excluding carboxylic acids is 1. The van der Waals surface area contributed by atoms with Crippen molar-refractivity contribution in [2.24, 2.45) is 0 Å². The molecule has 2 rings (SSSR count). The van der Waals surface area contributed by atoms with Crippen molar-refractivity contribution in [3.63, 3.8) is 0 Å². The monoisotopic (exact) mass is 242 g/mol. The van der Waals surface area contributed by atoms with Crippen molar-refractivity contribution in [2.45, 2.75) is 50.7 Å². The highest BCUT2D eigenvalue weighted by Crippen LogP contribution is 2.17. The summed E-state index contributed by atoms with van der Waals surface area (Å²) < 4.78 is 0. The van der Waals surface area contributed by atoms with E-state index >= 15 is 0 Å². The van der Waals surface area contributed by atoms with Crippen LogP contribution in [0.3, 0.4) is 0 Å². The molecule has 1 atom stereocenters. The molecule has 2 N–H and O–H groups in total.